The lowest BCUT2D eigenvalue weighted by Crippen LogP contribution is -2.35. The van der Waals surface area contributed by atoms with Gasteiger partial charge in [0, 0.05) is 18.7 Å². The van der Waals surface area contributed by atoms with Gasteiger partial charge in [-0.25, -0.2) is 9.18 Å². The van der Waals surface area contributed by atoms with E-state index < -0.39 is 18.0 Å². The number of benzene rings is 1. The van der Waals surface area contributed by atoms with E-state index in [1.807, 2.05) is 0 Å². The molecule has 0 saturated carbocycles. The number of nitrogens with zero attached hydrogens (tertiary/aromatic N) is 2. The Morgan fingerprint density at radius 1 is 1.23 bits per heavy atom. The van der Waals surface area contributed by atoms with Gasteiger partial charge in [0.2, 0.25) is 5.91 Å². The third-order valence-electron chi connectivity index (χ3n) is 5.02. The fraction of sp³-hybridized carbons (Fsp3) is 0.350. The molecule has 0 unspecified atom stereocenters. The number of hydrogen-bond acceptors (Lipinski definition) is 5. The van der Waals surface area contributed by atoms with Crippen LogP contribution in [0.25, 0.3) is 0 Å². The molecule has 4 rings (SSSR count). The van der Waals surface area contributed by atoms with Crippen molar-refractivity contribution in [3.8, 4) is 0 Å². The number of carbonyl (C=O) groups excluding carboxylic acids is 3. The summed E-state index contributed by atoms with van der Waals surface area (Å²) in [6, 6.07) is 7.61. The van der Waals surface area contributed by atoms with E-state index in [-0.39, 0.29) is 30.6 Å². The van der Waals surface area contributed by atoms with Crippen LogP contribution in [0.2, 0.25) is 4.34 Å². The topological polar surface area (TPSA) is 79.0 Å². The summed E-state index contributed by atoms with van der Waals surface area (Å²) in [5.74, 6) is -0.958. The maximum Gasteiger partial charge on any atom is 0.414 e. The highest BCUT2D eigenvalue weighted by Crippen LogP contribution is 2.30. The van der Waals surface area contributed by atoms with Gasteiger partial charge in [0.1, 0.15) is 11.9 Å². The summed E-state index contributed by atoms with van der Waals surface area (Å²) in [5, 5.41) is 2.69. The molecule has 0 radical (unpaired) electrons. The number of cyclic esters (lactones) is 1. The average molecular weight is 452 g/mol. The molecular weight excluding hydrogens is 433 g/mol. The Morgan fingerprint density at radius 3 is 2.77 bits per heavy atom. The number of piperidine rings is 1. The monoisotopic (exact) mass is 451 g/mol. The molecule has 1 aromatic carbocycles. The Bertz CT molecular complexity index is 998. The number of ether oxygens (including phenoxy) is 1. The van der Waals surface area contributed by atoms with E-state index in [2.05, 4.69) is 5.32 Å². The molecule has 2 fully saturated rings. The summed E-state index contributed by atoms with van der Waals surface area (Å²) in [6.45, 7) is 0.752. The standard InChI is InChI=1S/C20H19ClFN3O4S/c21-17-7-6-16(30-17)19(27)23-10-13-11-25(20(28)29-13)15-5-4-12(9-14(15)22)24-8-2-1-3-18(24)26/h4-7,9,13H,1-3,8,10-11H2,(H,23,27)/t13-/m0/s1. The van der Waals surface area contributed by atoms with E-state index in [1.165, 1.54) is 17.0 Å². The lowest BCUT2D eigenvalue weighted by molar-refractivity contribution is -0.119. The molecule has 1 atom stereocenters. The van der Waals surface area contributed by atoms with Gasteiger partial charge in [-0.15, -0.1) is 11.3 Å². The molecule has 0 bridgehead atoms. The highest BCUT2D eigenvalue weighted by atomic mass is 35.5. The third-order valence-corrected chi connectivity index (χ3v) is 6.25. The zero-order chi connectivity index (χ0) is 21.3. The molecule has 3 heterocycles. The molecule has 3 amide bonds. The van der Waals surface area contributed by atoms with Crippen LogP contribution in [-0.4, -0.2) is 43.6 Å². The van der Waals surface area contributed by atoms with Crippen LogP contribution in [0.3, 0.4) is 0 Å². The summed E-state index contributed by atoms with van der Waals surface area (Å²) in [6.07, 6.45) is 0.868. The number of rotatable bonds is 5. The van der Waals surface area contributed by atoms with E-state index >= 15 is 0 Å². The first-order chi connectivity index (χ1) is 14.4. The maximum atomic E-state index is 14.8. The number of hydrogen-bond donors (Lipinski definition) is 1. The highest BCUT2D eigenvalue weighted by molar-refractivity contribution is 7.18. The van der Waals surface area contributed by atoms with Crippen LogP contribution >= 0.6 is 22.9 Å². The summed E-state index contributed by atoms with van der Waals surface area (Å²) in [5.41, 5.74) is 0.555. The Balaban J connectivity index is 1.40. The largest absolute Gasteiger partial charge is 0.442 e. The van der Waals surface area contributed by atoms with E-state index in [0.717, 1.165) is 24.2 Å². The molecule has 2 aliphatic heterocycles. The van der Waals surface area contributed by atoms with Gasteiger partial charge < -0.3 is 15.0 Å². The van der Waals surface area contributed by atoms with Gasteiger partial charge in [0.05, 0.1) is 28.0 Å². The lowest BCUT2D eigenvalue weighted by Gasteiger charge is -2.27. The second-order valence-corrected chi connectivity index (χ2v) is 8.78. The van der Waals surface area contributed by atoms with Crippen LogP contribution in [0.15, 0.2) is 30.3 Å². The fourth-order valence-electron chi connectivity index (χ4n) is 3.52. The van der Waals surface area contributed by atoms with Crippen molar-refractivity contribution in [3.05, 3.63) is 45.4 Å². The molecule has 0 spiro atoms. The van der Waals surface area contributed by atoms with Crippen molar-refractivity contribution in [2.75, 3.05) is 29.4 Å². The first kappa shape index (κ1) is 20.6. The minimum Gasteiger partial charge on any atom is -0.442 e. The Kier molecular flexibility index (Phi) is 5.92. The number of nitrogens with one attached hydrogen (secondary N) is 1. The van der Waals surface area contributed by atoms with Gasteiger partial charge in [0.25, 0.3) is 5.91 Å². The Labute approximate surface area is 181 Å². The number of carbonyl (C=O) groups is 3. The molecule has 158 valence electrons. The molecule has 1 N–H and O–H groups in total. The van der Waals surface area contributed by atoms with Crippen molar-refractivity contribution in [3.63, 3.8) is 0 Å². The molecule has 10 heteroatoms. The fourth-order valence-corrected chi connectivity index (χ4v) is 4.48. The zero-order valence-corrected chi connectivity index (χ0v) is 17.5. The summed E-state index contributed by atoms with van der Waals surface area (Å²) in [4.78, 5) is 39.6. The lowest BCUT2D eigenvalue weighted by atomic mass is 10.1. The number of halogens is 2. The average Bonchev–Trinajstić information content (AvgIpc) is 3.32. The van der Waals surface area contributed by atoms with Crippen LogP contribution in [0, 0.1) is 5.82 Å². The minimum atomic E-state index is -0.686. The maximum absolute atomic E-state index is 14.8. The Hall–Kier alpha value is -2.65. The molecule has 2 aliphatic rings. The predicted octanol–water partition coefficient (Wildman–Crippen LogP) is 3.81. The third kappa shape index (κ3) is 4.27. The molecule has 2 saturated heterocycles. The Morgan fingerprint density at radius 2 is 2.07 bits per heavy atom. The summed E-state index contributed by atoms with van der Waals surface area (Å²) >= 11 is 6.98. The SMILES string of the molecule is O=C(NC[C@H]1CN(c2ccc(N3CCCCC3=O)cc2F)C(=O)O1)c1ccc(Cl)s1. The second kappa shape index (κ2) is 8.61. The molecule has 30 heavy (non-hydrogen) atoms. The molecule has 0 aliphatic carbocycles. The van der Waals surface area contributed by atoms with Gasteiger partial charge >= 0.3 is 6.09 Å². The summed E-state index contributed by atoms with van der Waals surface area (Å²) in [7, 11) is 0. The predicted molar refractivity (Wildman–Crippen MR) is 112 cm³/mol. The molecular formula is C20H19ClFN3O4S. The van der Waals surface area contributed by atoms with Crippen molar-refractivity contribution in [1.82, 2.24) is 5.32 Å². The van der Waals surface area contributed by atoms with Crippen LogP contribution in [0.5, 0.6) is 0 Å². The van der Waals surface area contributed by atoms with Gasteiger partial charge in [-0.2, -0.15) is 0 Å². The van der Waals surface area contributed by atoms with Crippen LogP contribution in [0.4, 0.5) is 20.6 Å². The van der Waals surface area contributed by atoms with E-state index in [9.17, 15) is 18.8 Å². The van der Waals surface area contributed by atoms with E-state index in [4.69, 9.17) is 16.3 Å². The van der Waals surface area contributed by atoms with Gasteiger partial charge in [-0.3, -0.25) is 14.5 Å². The molecule has 7 nitrogen and oxygen atoms in total. The smallest absolute Gasteiger partial charge is 0.414 e. The quantitative estimate of drug-likeness (QED) is 0.749. The van der Waals surface area contributed by atoms with Gasteiger partial charge in [-0.05, 0) is 43.2 Å². The first-order valence-electron chi connectivity index (χ1n) is 9.54. The minimum absolute atomic E-state index is 0.0307. The number of thiophene rings is 1. The molecule has 1 aromatic heterocycles. The first-order valence-corrected chi connectivity index (χ1v) is 10.7. The van der Waals surface area contributed by atoms with Gasteiger partial charge in [0.15, 0.2) is 0 Å². The molecule has 2 aromatic rings. The van der Waals surface area contributed by atoms with Crippen molar-refractivity contribution in [2.45, 2.75) is 25.4 Å². The van der Waals surface area contributed by atoms with Crippen LogP contribution < -0.4 is 15.1 Å². The van der Waals surface area contributed by atoms with Gasteiger partial charge in [-0.1, -0.05) is 11.6 Å². The van der Waals surface area contributed by atoms with Crippen molar-refractivity contribution in [2.24, 2.45) is 0 Å². The van der Waals surface area contributed by atoms with Crippen molar-refractivity contribution >= 4 is 52.2 Å². The van der Waals surface area contributed by atoms with Crippen molar-refractivity contribution in [1.29, 1.82) is 0 Å². The van der Waals surface area contributed by atoms with E-state index in [0.29, 0.717) is 27.9 Å². The zero-order valence-electron chi connectivity index (χ0n) is 15.9. The number of anilines is 2. The highest BCUT2D eigenvalue weighted by Gasteiger charge is 2.34. The van der Waals surface area contributed by atoms with Crippen LogP contribution in [-0.2, 0) is 9.53 Å². The van der Waals surface area contributed by atoms with Crippen LogP contribution in [0.1, 0.15) is 28.9 Å². The normalized spacial score (nSPS) is 19.2. The summed E-state index contributed by atoms with van der Waals surface area (Å²) < 4.78 is 20.5. The number of amides is 3. The second-order valence-electron chi connectivity index (χ2n) is 7.07. The van der Waals surface area contributed by atoms with Crippen molar-refractivity contribution < 1.29 is 23.5 Å². The van der Waals surface area contributed by atoms with E-state index in [1.54, 1.807) is 23.1 Å².